The standard InChI is InChI=1S/C22H22N2O4/c1-12-6-8-17(9-7-12)10-18(11-23)22(27)28-16(5)21(26)20-13(2)19(15(4)25)14(3)24-20/h6-10,16,24H,1-5H3/b18-10+/t16-/m0/s1. The number of nitrogens with zero attached hydrogens (tertiary/aromatic N) is 1. The van der Waals surface area contributed by atoms with Crippen molar-refractivity contribution in [2.45, 2.75) is 40.7 Å². The second-order valence-corrected chi connectivity index (χ2v) is 6.67. The van der Waals surface area contributed by atoms with Crippen LogP contribution in [0.15, 0.2) is 29.8 Å². The Morgan fingerprint density at radius 2 is 1.75 bits per heavy atom. The number of hydrogen-bond acceptors (Lipinski definition) is 5. The fourth-order valence-corrected chi connectivity index (χ4v) is 2.97. The van der Waals surface area contributed by atoms with Gasteiger partial charge in [0, 0.05) is 11.3 Å². The van der Waals surface area contributed by atoms with Crippen LogP contribution in [0.4, 0.5) is 0 Å². The highest BCUT2D eigenvalue weighted by atomic mass is 16.5. The highest BCUT2D eigenvalue weighted by Crippen LogP contribution is 2.21. The molecular weight excluding hydrogens is 356 g/mol. The topological polar surface area (TPSA) is 100 Å². The number of aromatic nitrogens is 1. The van der Waals surface area contributed by atoms with E-state index in [-0.39, 0.29) is 17.1 Å². The molecule has 0 saturated heterocycles. The van der Waals surface area contributed by atoms with Crippen molar-refractivity contribution in [2.75, 3.05) is 0 Å². The van der Waals surface area contributed by atoms with Gasteiger partial charge in [0.1, 0.15) is 11.6 Å². The van der Waals surface area contributed by atoms with Gasteiger partial charge < -0.3 is 9.72 Å². The fourth-order valence-electron chi connectivity index (χ4n) is 2.97. The van der Waals surface area contributed by atoms with Gasteiger partial charge in [0.15, 0.2) is 11.9 Å². The average Bonchev–Trinajstić information content (AvgIpc) is 2.94. The molecule has 0 aliphatic rings. The summed E-state index contributed by atoms with van der Waals surface area (Å²) in [6, 6.07) is 9.10. The van der Waals surface area contributed by atoms with E-state index in [4.69, 9.17) is 4.74 Å². The lowest BCUT2D eigenvalue weighted by Gasteiger charge is -2.12. The minimum absolute atomic E-state index is 0.150. The molecule has 144 valence electrons. The van der Waals surface area contributed by atoms with Gasteiger partial charge in [0.05, 0.1) is 5.69 Å². The average molecular weight is 378 g/mol. The maximum Gasteiger partial charge on any atom is 0.349 e. The molecule has 0 aliphatic heterocycles. The van der Waals surface area contributed by atoms with Crippen LogP contribution in [0, 0.1) is 32.1 Å². The van der Waals surface area contributed by atoms with Crippen molar-refractivity contribution >= 4 is 23.6 Å². The second-order valence-electron chi connectivity index (χ2n) is 6.67. The molecule has 1 aromatic heterocycles. The molecule has 0 fully saturated rings. The summed E-state index contributed by atoms with van der Waals surface area (Å²) in [5, 5.41) is 9.28. The minimum atomic E-state index is -1.11. The summed E-state index contributed by atoms with van der Waals surface area (Å²) in [5.41, 5.74) is 3.33. The minimum Gasteiger partial charge on any atom is -0.450 e. The van der Waals surface area contributed by atoms with Gasteiger partial charge in [-0.1, -0.05) is 29.8 Å². The molecule has 1 N–H and O–H groups in total. The number of carbonyl (C=O) groups excluding carboxylic acids is 3. The number of H-pyrrole nitrogens is 1. The molecule has 0 spiro atoms. The van der Waals surface area contributed by atoms with Crippen LogP contribution in [0.3, 0.4) is 0 Å². The van der Waals surface area contributed by atoms with Crippen LogP contribution in [-0.2, 0) is 9.53 Å². The number of ether oxygens (including phenoxy) is 1. The van der Waals surface area contributed by atoms with E-state index in [2.05, 4.69) is 4.98 Å². The number of aromatic amines is 1. The number of rotatable bonds is 6. The lowest BCUT2D eigenvalue weighted by molar-refractivity contribution is -0.141. The molecule has 6 nitrogen and oxygen atoms in total. The number of nitriles is 1. The molecule has 28 heavy (non-hydrogen) atoms. The van der Waals surface area contributed by atoms with Crippen molar-refractivity contribution in [2.24, 2.45) is 0 Å². The molecule has 0 unspecified atom stereocenters. The molecule has 0 aliphatic carbocycles. The normalized spacial score (nSPS) is 12.2. The van der Waals surface area contributed by atoms with Crippen LogP contribution in [-0.4, -0.2) is 28.6 Å². The van der Waals surface area contributed by atoms with Crippen molar-refractivity contribution < 1.29 is 19.1 Å². The van der Waals surface area contributed by atoms with Gasteiger partial charge in [-0.15, -0.1) is 0 Å². The molecular formula is C22H22N2O4. The van der Waals surface area contributed by atoms with Gasteiger partial charge >= 0.3 is 5.97 Å². The monoisotopic (exact) mass is 378 g/mol. The zero-order chi connectivity index (χ0) is 21.0. The Labute approximate surface area is 163 Å². The van der Waals surface area contributed by atoms with E-state index in [0.29, 0.717) is 22.4 Å². The Morgan fingerprint density at radius 1 is 1.14 bits per heavy atom. The molecule has 2 aromatic rings. The second kappa shape index (κ2) is 8.49. The van der Waals surface area contributed by atoms with E-state index in [9.17, 15) is 19.6 Å². The van der Waals surface area contributed by atoms with E-state index < -0.39 is 17.9 Å². The van der Waals surface area contributed by atoms with Crippen LogP contribution in [0.5, 0.6) is 0 Å². The van der Waals surface area contributed by atoms with E-state index in [1.165, 1.54) is 19.9 Å². The van der Waals surface area contributed by atoms with E-state index in [1.54, 1.807) is 26.0 Å². The van der Waals surface area contributed by atoms with E-state index in [0.717, 1.165) is 5.56 Å². The number of nitrogens with one attached hydrogen (secondary N) is 1. The first-order chi connectivity index (χ1) is 13.1. The molecule has 0 amide bonds. The van der Waals surface area contributed by atoms with Crippen LogP contribution < -0.4 is 0 Å². The van der Waals surface area contributed by atoms with Gasteiger partial charge in [-0.2, -0.15) is 5.26 Å². The third-order valence-electron chi connectivity index (χ3n) is 4.42. The molecule has 0 saturated carbocycles. The maximum atomic E-state index is 12.7. The molecule has 1 atom stereocenters. The predicted molar refractivity (Wildman–Crippen MR) is 105 cm³/mol. The number of hydrogen-bond donors (Lipinski definition) is 1. The van der Waals surface area contributed by atoms with Crippen LogP contribution in [0.1, 0.15) is 57.1 Å². The van der Waals surface area contributed by atoms with Crippen molar-refractivity contribution in [3.63, 3.8) is 0 Å². The summed E-state index contributed by atoms with van der Waals surface area (Å²) in [6.07, 6.45) is 0.301. The first-order valence-corrected chi connectivity index (χ1v) is 8.79. The lowest BCUT2D eigenvalue weighted by atomic mass is 10.0. The van der Waals surface area contributed by atoms with Crippen molar-refractivity contribution in [3.05, 3.63) is 63.5 Å². The van der Waals surface area contributed by atoms with Crippen LogP contribution in [0.25, 0.3) is 6.08 Å². The van der Waals surface area contributed by atoms with Crippen molar-refractivity contribution in [1.82, 2.24) is 4.98 Å². The van der Waals surface area contributed by atoms with Gasteiger partial charge in [0.2, 0.25) is 5.78 Å². The number of Topliss-reactive ketones (excluding diaryl/α,β-unsaturated/α-hetero) is 2. The van der Waals surface area contributed by atoms with Gasteiger partial charge in [-0.25, -0.2) is 4.79 Å². The quantitative estimate of drug-likeness (QED) is 0.356. The van der Waals surface area contributed by atoms with Crippen molar-refractivity contribution in [3.8, 4) is 6.07 Å². The van der Waals surface area contributed by atoms with Crippen LogP contribution >= 0.6 is 0 Å². The summed E-state index contributed by atoms with van der Waals surface area (Å²) >= 11 is 0. The molecule has 0 radical (unpaired) electrons. The third-order valence-corrected chi connectivity index (χ3v) is 4.42. The first-order valence-electron chi connectivity index (χ1n) is 8.79. The number of carbonyl (C=O) groups is 3. The zero-order valence-corrected chi connectivity index (χ0v) is 16.5. The summed E-state index contributed by atoms with van der Waals surface area (Å²) in [5.74, 6) is -1.49. The number of benzene rings is 1. The van der Waals surface area contributed by atoms with Crippen LogP contribution in [0.2, 0.25) is 0 Å². The maximum absolute atomic E-state index is 12.7. The smallest absolute Gasteiger partial charge is 0.349 e. The molecule has 1 heterocycles. The Morgan fingerprint density at radius 3 is 2.25 bits per heavy atom. The summed E-state index contributed by atoms with van der Waals surface area (Å²) in [6.45, 7) is 8.16. The molecule has 0 bridgehead atoms. The largest absolute Gasteiger partial charge is 0.450 e. The van der Waals surface area contributed by atoms with E-state index in [1.807, 2.05) is 25.1 Å². The van der Waals surface area contributed by atoms with Crippen molar-refractivity contribution in [1.29, 1.82) is 5.26 Å². The number of aryl methyl sites for hydroxylation is 2. The Hall–Kier alpha value is -3.46. The summed E-state index contributed by atoms with van der Waals surface area (Å²) in [7, 11) is 0. The van der Waals surface area contributed by atoms with Gasteiger partial charge in [-0.05, 0) is 51.8 Å². The zero-order valence-electron chi connectivity index (χ0n) is 16.5. The SMILES string of the molecule is CC(=O)c1c(C)[nH]c(C(=O)[C@H](C)OC(=O)/C(C#N)=C/c2ccc(C)cc2)c1C. The predicted octanol–water partition coefficient (Wildman–Crippen LogP) is 3.86. The summed E-state index contributed by atoms with van der Waals surface area (Å²) in [4.78, 5) is 39.6. The highest BCUT2D eigenvalue weighted by Gasteiger charge is 2.26. The van der Waals surface area contributed by atoms with Gasteiger partial charge in [0.25, 0.3) is 0 Å². The molecule has 2 rings (SSSR count). The third kappa shape index (κ3) is 4.44. The summed E-state index contributed by atoms with van der Waals surface area (Å²) < 4.78 is 5.20. The molecule has 6 heteroatoms. The number of ketones is 2. The molecule has 1 aromatic carbocycles. The highest BCUT2D eigenvalue weighted by molar-refractivity contribution is 6.06. The number of esters is 1. The van der Waals surface area contributed by atoms with E-state index >= 15 is 0 Å². The first kappa shape index (κ1) is 20.8. The fraction of sp³-hybridized carbons (Fsp3) is 0.273. The Bertz CT molecular complexity index is 1000. The lowest BCUT2D eigenvalue weighted by Crippen LogP contribution is -2.26. The van der Waals surface area contributed by atoms with Gasteiger partial charge in [-0.3, -0.25) is 9.59 Å². The Balaban J connectivity index is 2.20. The Kier molecular flexibility index (Phi) is 6.32.